The average Bonchev–Trinajstić information content (AvgIpc) is 2.80. The molecule has 2 aliphatic rings. The van der Waals surface area contributed by atoms with Gasteiger partial charge < -0.3 is 55.1 Å². The number of rotatable bonds is 5. The molecule has 23 heavy (non-hydrogen) atoms. The second-order valence-electron chi connectivity index (χ2n) is 5.56. The Morgan fingerprint density at radius 1 is 0.783 bits per heavy atom. The molecule has 0 unspecified atom stereocenters. The van der Waals surface area contributed by atoms with Crippen LogP contribution in [-0.4, -0.2) is 115 Å². The minimum absolute atomic E-state index is 0.669. The number of hydrogen-bond donors (Lipinski definition) is 8. The Morgan fingerprint density at radius 3 is 1.87 bits per heavy atom. The Hall–Kier alpha value is -0.440. The van der Waals surface area contributed by atoms with Crippen LogP contribution in [0.5, 0.6) is 0 Å². The topological polar surface area (TPSA) is 190 Å². The van der Waals surface area contributed by atoms with Crippen LogP contribution < -0.4 is 0 Å². The molecule has 136 valence electrons. The van der Waals surface area contributed by atoms with Crippen molar-refractivity contribution in [3.8, 4) is 0 Å². The molecule has 2 rings (SSSR count). The Labute approximate surface area is 130 Å². The first-order valence-electron chi connectivity index (χ1n) is 7.05. The molecule has 2 saturated heterocycles. The maximum absolute atomic E-state index is 10.00. The van der Waals surface area contributed by atoms with Gasteiger partial charge in [-0.25, -0.2) is 0 Å². The minimum Gasteiger partial charge on any atom is -0.394 e. The highest BCUT2D eigenvalue weighted by Crippen LogP contribution is 2.35. The Kier molecular flexibility index (Phi) is 5.92. The van der Waals surface area contributed by atoms with Crippen molar-refractivity contribution in [3.05, 3.63) is 0 Å². The molecule has 11 nitrogen and oxygen atoms in total. The number of aliphatic hydroxyl groups is 8. The Bertz CT molecular complexity index is 393. The van der Waals surface area contributed by atoms with Gasteiger partial charge in [0.2, 0.25) is 5.79 Å². The fourth-order valence-electron chi connectivity index (χ4n) is 2.63. The smallest absolute Gasteiger partial charge is 0.224 e. The fourth-order valence-corrected chi connectivity index (χ4v) is 2.63. The fraction of sp³-hybridized carbons (Fsp3) is 1.00. The van der Waals surface area contributed by atoms with Gasteiger partial charge in [0.15, 0.2) is 6.29 Å². The molecule has 8 N–H and O–H groups in total. The predicted octanol–water partition coefficient (Wildman–Crippen LogP) is -5.40. The standard InChI is InChI=1S/C12H22O11/c13-1-4-6(16)8(18)9(19)11(21-4)23-12(3-15)10(20)7(17)5(2-14)22-12/h4-11,13-20H,1-3H2/t4-,5+,6-,7-,8+,9-,10+,11+,12-/m0/s1. The zero-order valence-electron chi connectivity index (χ0n) is 12.0. The van der Waals surface area contributed by atoms with Gasteiger partial charge in [0.05, 0.1) is 13.2 Å². The highest BCUT2D eigenvalue weighted by molar-refractivity contribution is 4.98. The lowest BCUT2D eigenvalue weighted by Crippen LogP contribution is -2.62. The largest absolute Gasteiger partial charge is 0.394 e. The lowest BCUT2D eigenvalue weighted by Gasteiger charge is -2.43. The molecule has 0 radical (unpaired) electrons. The van der Waals surface area contributed by atoms with Crippen LogP contribution in [0.25, 0.3) is 0 Å². The molecule has 9 atom stereocenters. The molecule has 2 heterocycles. The second kappa shape index (κ2) is 7.21. The van der Waals surface area contributed by atoms with E-state index in [0.717, 1.165) is 0 Å². The third kappa shape index (κ3) is 3.23. The van der Waals surface area contributed by atoms with Crippen molar-refractivity contribution in [3.63, 3.8) is 0 Å². The van der Waals surface area contributed by atoms with Gasteiger partial charge in [-0.15, -0.1) is 0 Å². The number of hydrogen-bond acceptors (Lipinski definition) is 11. The van der Waals surface area contributed by atoms with Gasteiger partial charge >= 0.3 is 0 Å². The molecule has 0 aromatic carbocycles. The van der Waals surface area contributed by atoms with Crippen LogP contribution in [-0.2, 0) is 14.2 Å². The van der Waals surface area contributed by atoms with Crippen LogP contribution in [0.2, 0.25) is 0 Å². The van der Waals surface area contributed by atoms with Gasteiger partial charge in [-0.2, -0.15) is 0 Å². The van der Waals surface area contributed by atoms with E-state index in [4.69, 9.17) is 24.4 Å². The maximum atomic E-state index is 10.00. The van der Waals surface area contributed by atoms with Gasteiger partial charge in [0.1, 0.15) is 49.3 Å². The van der Waals surface area contributed by atoms with Gasteiger partial charge in [0, 0.05) is 0 Å². The highest BCUT2D eigenvalue weighted by atomic mass is 16.8. The molecule has 0 aromatic rings. The van der Waals surface area contributed by atoms with E-state index < -0.39 is 74.6 Å². The summed E-state index contributed by atoms with van der Waals surface area (Å²) < 4.78 is 15.4. The lowest BCUT2D eigenvalue weighted by molar-refractivity contribution is -0.383. The number of aliphatic hydroxyl groups excluding tert-OH is 8. The van der Waals surface area contributed by atoms with E-state index in [1.807, 2.05) is 0 Å². The van der Waals surface area contributed by atoms with Crippen molar-refractivity contribution in [1.29, 1.82) is 0 Å². The molecule has 11 heteroatoms. The van der Waals surface area contributed by atoms with E-state index in [0.29, 0.717) is 0 Å². The maximum Gasteiger partial charge on any atom is 0.224 e. The van der Waals surface area contributed by atoms with Crippen LogP contribution in [0.15, 0.2) is 0 Å². The van der Waals surface area contributed by atoms with Crippen molar-refractivity contribution in [2.24, 2.45) is 0 Å². The normalized spacial score (nSPS) is 51.1. The zero-order chi connectivity index (χ0) is 17.4. The van der Waals surface area contributed by atoms with E-state index in [2.05, 4.69) is 0 Å². The summed E-state index contributed by atoms with van der Waals surface area (Å²) in [6, 6.07) is 0. The summed E-state index contributed by atoms with van der Waals surface area (Å²) in [5.41, 5.74) is 0. The molecule has 2 aliphatic heterocycles. The monoisotopic (exact) mass is 342 g/mol. The van der Waals surface area contributed by atoms with Crippen LogP contribution in [0.1, 0.15) is 0 Å². The predicted molar refractivity (Wildman–Crippen MR) is 68.6 cm³/mol. The van der Waals surface area contributed by atoms with E-state index in [1.54, 1.807) is 0 Å². The second-order valence-corrected chi connectivity index (χ2v) is 5.56. The summed E-state index contributed by atoms with van der Waals surface area (Å²) in [4.78, 5) is 0. The Balaban J connectivity index is 2.18. The van der Waals surface area contributed by atoms with E-state index in [9.17, 15) is 30.6 Å². The zero-order valence-corrected chi connectivity index (χ0v) is 12.0. The molecule has 2 fully saturated rings. The summed E-state index contributed by atoms with van der Waals surface area (Å²) >= 11 is 0. The van der Waals surface area contributed by atoms with Crippen molar-refractivity contribution in [2.45, 2.75) is 54.8 Å². The quantitative estimate of drug-likeness (QED) is 0.238. The summed E-state index contributed by atoms with van der Waals surface area (Å²) in [5.74, 6) is -2.22. The Morgan fingerprint density at radius 2 is 1.39 bits per heavy atom. The molecule has 0 aliphatic carbocycles. The molecule has 0 spiro atoms. The van der Waals surface area contributed by atoms with Gasteiger partial charge in [-0.3, -0.25) is 0 Å². The first kappa shape index (κ1) is 18.9. The molecule has 0 bridgehead atoms. The molecular weight excluding hydrogens is 320 g/mol. The van der Waals surface area contributed by atoms with Gasteiger partial charge in [-0.1, -0.05) is 0 Å². The summed E-state index contributed by atoms with van der Waals surface area (Å²) in [6.45, 7) is -2.32. The van der Waals surface area contributed by atoms with Gasteiger partial charge in [-0.05, 0) is 0 Å². The van der Waals surface area contributed by atoms with E-state index in [1.165, 1.54) is 0 Å². The lowest BCUT2D eigenvalue weighted by atomic mass is 9.99. The molecule has 0 saturated carbocycles. The third-order valence-corrected chi connectivity index (χ3v) is 4.07. The third-order valence-electron chi connectivity index (χ3n) is 4.07. The van der Waals surface area contributed by atoms with Crippen LogP contribution in [0.4, 0.5) is 0 Å². The van der Waals surface area contributed by atoms with Crippen molar-refractivity contribution in [2.75, 3.05) is 19.8 Å². The van der Waals surface area contributed by atoms with Crippen LogP contribution in [0, 0.1) is 0 Å². The van der Waals surface area contributed by atoms with E-state index in [-0.39, 0.29) is 0 Å². The highest BCUT2D eigenvalue weighted by Gasteiger charge is 2.58. The molecule has 0 amide bonds. The summed E-state index contributed by atoms with van der Waals surface area (Å²) in [5, 5.41) is 76.7. The summed E-state index contributed by atoms with van der Waals surface area (Å²) in [7, 11) is 0. The average molecular weight is 342 g/mol. The number of ether oxygens (including phenoxy) is 3. The van der Waals surface area contributed by atoms with Crippen LogP contribution in [0.3, 0.4) is 0 Å². The van der Waals surface area contributed by atoms with Crippen molar-refractivity contribution < 1.29 is 55.1 Å². The van der Waals surface area contributed by atoms with E-state index >= 15 is 0 Å². The first-order chi connectivity index (χ1) is 10.8. The minimum atomic E-state index is -2.22. The van der Waals surface area contributed by atoms with Gasteiger partial charge in [0.25, 0.3) is 0 Å². The van der Waals surface area contributed by atoms with Crippen molar-refractivity contribution >= 4 is 0 Å². The summed E-state index contributed by atoms with van der Waals surface area (Å²) in [6.07, 6.45) is -12.7. The molecule has 0 aromatic heterocycles. The van der Waals surface area contributed by atoms with Crippen LogP contribution >= 0.6 is 0 Å². The first-order valence-corrected chi connectivity index (χ1v) is 7.05. The molecular formula is C12H22O11. The van der Waals surface area contributed by atoms with Crippen molar-refractivity contribution in [1.82, 2.24) is 0 Å². The SMILES string of the molecule is OC[C@@H]1O[C@H](O[C@]2(CO)O[C@H](CO)[C@H](O)[C@H]2O)[C@@H](O)[C@H](O)[C@H]1O.